The minimum atomic E-state index is -0.301. The lowest BCUT2D eigenvalue weighted by Gasteiger charge is -2.12. The fraction of sp³-hybridized carbons (Fsp3) is 0.185. The van der Waals surface area contributed by atoms with Crippen molar-refractivity contribution in [3.05, 3.63) is 95.1 Å². The topological polar surface area (TPSA) is 98.1 Å². The van der Waals surface area contributed by atoms with Crippen molar-refractivity contribution in [1.82, 2.24) is 14.8 Å². The number of nitrogens with zero attached hydrogens (tertiary/aromatic N) is 3. The summed E-state index contributed by atoms with van der Waals surface area (Å²) in [7, 11) is 1.51. The van der Waals surface area contributed by atoms with Crippen LogP contribution in [0.15, 0.2) is 67.0 Å². The van der Waals surface area contributed by atoms with Gasteiger partial charge in [-0.25, -0.2) is 4.68 Å². The maximum atomic E-state index is 13.2. The number of aryl methyl sites for hydroxylation is 1. The molecule has 4 aromatic rings. The van der Waals surface area contributed by atoms with Crippen LogP contribution in [0.4, 0.5) is 11.4 Å². The number of fused-ring (bicyclic) bond motifs is 1. The predicted molar refractivity (Wildman–Crippen MR) is 133 cm³/mol. The molecule has 5 rings (SSSR count). The molecule has 0 aliphatic heterocycles. The van der Waals surface area contributed by atoms with E-state index in [2.05, 4.69) is 20.7 Å². The summed E-state index contributed by atoms with van der Waals surface area (Å²) in [5.41, 5.74) is 6.11. The van der Waals surface area contributed by atoms with E-state index in [-0.39, 0.29) is 11.8 Å². The molecule has 0 unspecified atom stereocenters. The summed E-state index contributed by atoms with van der Waals surface area (Å²) in [5, 5.41) is 10.4. The summed E-state index contributed by atoms with van der Waals surface area (Å²) in [6.45, 7) is 2.04. The Hall–Kier alpha value is -4.46. The van der Waals surface area contributed by atoms with Gasteiger partial charge in [-0.2, -0.15) is 5.10 Å². The monoisotopic (exact) mass is 467 g/mol. The number of benzene rings is 2. The fourth-order valence-corrected chi connectivity index (χ4v) is 4.27. The molecule has 35 heavy (non-hydrogen) atoms. The van der Waals surface area contributed by atoms with Gasteiger partial charge in [0.15, 0.2) is 5.69 Å². The molecule has 1 aliphatic rings. The van der Waals surface area contributed by atoms with Crippen molar-refractivity contribution < 1.29 is 14.3 Å². The minimum absolute atomic E-state index is 0.275. The molecule has 0 saturated carbocycles. The summed E-state index contributed by atoms with van der Waals surface area (Å²) < 4.78 is 7.34. The van der Waals surface area contributed by atoms with Crippen LogP contribution in [0, 0.1) is 6.92 Å². The van der Waals surface area contributed by atoms with Crippen LogP contribution < -0.4 is 15.4 Å². The van der Waals surface area contributed by atoms with E-state index in [1.807, 2.05) is 35.9 Å². The number of methoxy groups -OCH3 is 1. The third-order valence-corrected chi connectivity index (χ3v) is 6.06. The third kappa shape index (κ3) is 4.50. The molecule has 0 saturated heterocycles. The molecule has 8 nitrogen and oxygen atoms in total. The van der Waals surface area contributed by atoms with Crippen LogP contribution >= 0.6 is 0 Å². The smallest absolute Gasteiger partial charge is 0.276 e. The Morgan fingerprint density at radius 3 is 2.57 bits per heavy atom. The average Bonchev–Trinajstić information content (AvgIpc) is 3.49. The predicted octanol–water partition coefficient (Wildman–Crippen LogP) is 4.58. The normalized spacial score (nSPS) is 12.2. The summed E-state index contributed by atoms with van der Waals surface area (Å²) in [6, 6.07) is 16.6. The Balaban J connectivity index is 1.37. The van der Waals surface area contributed by atoms with Gasteiger partial charge in [0, 0.05) is 35.4 Å². The van der Waals surface area contributed by atoms with Crippen LogP contribution in [0.2, 0.25) is 0 Å². The molecule has 0 spiro atoms. The Morgan fingerprint density at radius 1 is 1.00 bits per heavy atom. The largest absolute Gasteiger partial charge is 0.494 e. The molecule has 2 amide bonds. The molecular weight excluding hydrogens is 442 g/mol. The highest BCUT2D eigenvalue weighted by atomic mass is 16.5. The van der Waals surface area contributed by atoms with Crippen molar-refractivity contribution in [2.45, 2.75) is 26.2 Å². The quantitative estimate of drug-likeness (QED) is 0.433. The van der Waals surface area contributed by atoms with E-state index < -0.39 is 0 Å². The second-order valence-corrected chi connectivity index (χ2v) is 8.44. The third-order valence-electron chi connectivity index (χ3n) is 6.06. The highest BCUT2D eigenvalue weighted by Gasteiger charge is 2.27. The number of anilines is 2. The zero-order chi connectivity index (χ0) is 24.4. The van der Waals surface area contributed by atoms with Gasteiger partial charge in [0.1, 0.15) is 5.75 Å². The van der Waals surface area contributed by atoms with Crippen LogP contribution in [0.1, 0.15) is 44.1 Å². The molecular formula is C27H25N5O3. The lowest BCUT2D eigenvalue weighted by atomic mass is 10.1. The van der Waals surface area contributed by atoms with Gasteiger partial charge in [0.05, 0.1) is 24.0 Å². The van der Waals surface area contributed by atoms with Crippen molar-refractivity contribution in [2.24, 2.45) is 0 Å². The number of ether oxygens (including phenoxy) is 1. The number of hydrogen-bond acceptors (Lipinski definition) is 5. The number of rotatable bonds is 6. The Labute approximate surface area is 203 Å². The molecule has 8 heteroatoms. The van der Waals surface area contributed by atoms with Crippen molar-refractivity contribution in [3.63, 3.8) is 0 Å². The van der Waals surface area contributed by atoms with Gasteiger partial charge in [-0.1, -0.05) is 17.7 Å². The van der Waals surface area contributed by atoms with E-state index in [4.69, 9.17) is 4.74 Å². The molecule has 0 radical (unpaired) electrons. The second kappa shape index (κ2) is 9.42. The van der Waals surface area contributed by atoms with E-state index in [0.717, 1.165) is 36.2 Å². The van der Waals surface area contributed by atoms with Crippen LogP contribution in [-0.4, -0.2) is 33.7 Å². The lowest BCUT2D eigenvalue weighted by Crippen LogP contribution is -2.16. The van der Waals surface area contributed by atoms with Crippen molar-refractivity contribution in [2.75, 3.05) is 17.7 Å². The molecule has 1 aliphatic carbocycles. The van der Waals surface area contributed by atoms with Crippen molar-refractivity contribution in [1.29, 1.82) is 0 Å². The van der Waals surface area contributed by atoms with Crippen LogP contribution in [0.5, 0.6) is 5.75 Å². The van der Waals surface area contributed by atoms with Gasteiger partial charge < -0.3 is 15.4 Å². The zero-order valence-corrected chi connectivity index (χ0v) is 19.5. The number of amides is 2. The van der Waals surface area contributed by atoms with Crippen LogP contribution in [-0.2, 0) is 12.8 Å². The van der Waals surface area contributed by atoms with E-state index in [1.165, 1.54) is 18.9 Å². The first kappa shape index (κ1) is 22.3. The van der Waals surface area contributed by atoms with E-state index in [0.29, 0.717) is 28.4 Å². The van der Waals surface area contributed by atoms with Gasteiger partial charge in [-0.15, -0.1) is 0 Å². The molecule has 176 valence electrons. The highest BCUT2D eigenvalue weighted by Crippen LogP contribution is 2.31. The van der Waals surface area contributed by atoms with Gasteiger partial charge in [-0.3, -0.25) is 14.6 Å². The van der Waals surface area contributed by atoms with Gasteiger partial charge in [0.2, 0.25) is 0 Å². The molecule has 2 aromatic carbocycles. The van der Waals surface area contributed by atoms with Crippen molar-refractivity contribution in [3.8, 4) is 11.4 Å². The molecule has 0 bridgehead atoms. The molecule has 2 heterocycles. The van der Waals surface area contributed by atoms with E-state index in [9.17, 15) is 9.59 Å². The summed E-state index contributed by atoms with van der Waals surface area (Å²) in [5.74, 6) is -0.149. The maximum Gasteiger partial charge on any atom is 0.276 e. The standard InChI is InChI=1S/C27H25N5O3/c1-17-8-11-20(12-9-17)32-23-7-3-6-21(23)25(31-32)27(34)29-19-10-13-22(24(15-19)35-2)30-26(33)18-5-4-14-28-16-18/h4-5,8-16H,3,6-7H2,1-2H3,(H,29,34)(H,30,33). The van der Waals surface area contributed by atoms with Gasteiger partial charge in [-0.05, 0) is 62.6 Å². The van der Waals surface area contributed by atoms with Crippen LogP contribution in [0.25, 0.3) is 5.69 Å². The molecule has 2 N–H and O–H groups in total. The second-order valence-electron chi connectivity index (χ2n) is 8.44. The number of pyridine rings is 1. The van der Waals surface area contributed by atoms with E-state index >= 15 is 0 Å². The van der Waals surface area contributed by atoms with Crippen LogP contribution in [0.3, 0.4) is 0 Å². The summed E-state index contributed by atoms with van der Waals surface area (Å²) in [4.78, 5) is 29.7. The Morgan fingerprint density at radius 2 is 1.83 bits per heavy atom. The molecule has 0 atom stereocenters. The SMILES string of the molecule is COc1cc(NC(=O)c2nn(-c3ccc(C)cc3)c3c2CCC3)ccc1NC(=O)c1cccnc1. The maximum absolute atomic E-state index is 13.2. The Kier molecular flexibility index (Phi) is 6.01. The first-order valence-corrected chi connectivity index (χ1v) is 11.4. The summed E-state index contributed by atoms with van der Waals surface area (Å²) in [6.07, 6.45) is 5.81. The van der Waals surface area contributed by atoms with Crippen molar-refractivity contribution >= 4 is 23.2 Å². The first-order valence-electron chi connectivity index (χ1n) is 11.4. The van der Waals surface area contributed by atoms with E-state index in [1.54, 1.807) is 36.5 Å². The summed E-state index contributed by atoms with van der Waals surface area (Å²) >= 11 is 0. The van der Waals surface area contributed by atoms with Gasteiger partial charge >= 0.3 is 0 Å². The number of aromatic nitrogens is 3. The average molecular weight is 468 g/mol. The number of nitrogens with one attached hydrogen (secondary N) is 2. The number of carbonyl (C=O) groups excluding carboxylic acids is 2. The number of carbonyl (C=O) groups is 2. The Bertz CT molecular complexity index is 1390. The number of hydrogen-bond donors (Lipinski definition) is 2. The fourth-order valence-electron chi connectivity index (χ4n) is 4.27. The van der Waals surface area contributed by atoms with Gasteiger partial charge in [0.25, 0.3) is 11.8 Å². The minimum Gasteiger partial charge on any atom is -0.494 e. The zero-order valence-electron chi connectivity index (χ0n) is 19.5. The first-order chi connectivity index (χ1) is 17.0. The highest BCUT2D eigenvalue weighted by molar-refractivity contribution is 6.06. The molecule has 0 fully saturated rings. The lowest BCUT2D eigenvalue weighted by molar-refractivity contribution is 0.101. The molecule has 2 aromatic heterocycles.